The van der Waals surface area contributed by atoms with E-state index in [1.807, 2.05) is 12.1 Å². The van der Waals surface area contributed by atoms with Crippen LogP contribution >= 0.6 is 35.0 Å². The maximum atomic E-state index is 12.4. The number of carbonyl (C=O) groups is 3. The first-order chi connectivity index (χ1) is 14.4. The van der Waals surface area contributed by atoms with E-state index in [9.17, 15) is 14.4 Å². The summed E-state index contributed by atoms with van der Waals surface area (Å²) in [6.45, 7) is 1.74. The molecule has 1 heterocycles. The number of nitrogens with zero attached hydrogens (tertiary/aromatic N) is 1. The molecule has 1 aliphatic heterocycles. The smallest absolute Gasteiger partial charge is 0.326 e. The highest BCUT2D eigenvalue weighted by Gasteiger charge is 2.36. The molecule has 0 saturated carbocycles. The van der Waals surface area contributed by atoms with Crippen LogP contribution in [0.5, 0.6) is 5.75 Å². The Hall–Kier alpha value is -2.48. The standard InChI is InChI=1S/C21H17Cl2NO5S/c1-2-28-19(25)11-24-20(26)18(30-21(24)27)10-14-5-8-17(16(23)9-14)29-12-13-3-6-15(22)7-4-13/h3-10H,2,11-12H2,1H3/b18-10-. The largest absolute Gasteiger partial charge is 0.487 e. The van der Waals surface area contributed by atoms with Crippen LogP contribution in [-0.2, 0) is 20.9 Å². The van der Waals surface area contributed by atoms with Gasteiger partial charge >= 0.3 is 5.97 Å². The Bertz CT molecular complexity index is 1010. The number of amides is 2. The number of thioether (sulfide) groups is 1. The fourth-order valence-electron chi connectivity index (χ4n) is 2.59. The highest BCUT2D eigenvalue weighted by Crippen LogP contribution is 2.34. The summed E-state index contributed by atoms with van der Waals surface area (Å²) in [5.74, 6) is -0.692. The summed E-state index contributed by atoms with van der Waals surface area (Å²) >= 11 is 12.9. The van der Waals surface area contributed by atoms with Crippen LogP contribution in [0, 0.1) is 0 Å². The van der Waals surface area contributed by atoms with Crippen molar-refractivity contribution in [2.75, 3.05) is 13.2 Å². The van der Waals surface area contributed by atoms with E-state index < -0.39 is 23.7 Å². The van der Waals surface area contributed by atoms with Crippen LogP contribution < -0.4 is 4.74 Å². The average Bonchev–Trinajstić information content (AvgIpc) is 2.96. The van der Waals surface area contributed by atoms with Crippen LogP contribution in [-0.4, -0.2) is 35.2 Å². The minimum Gasteiger partial charge on any atom is -0.487 e. The zero-order valence-corrected chi connectivity index (χ0v) is 18.2. The van der Waals surface area contributed by atoms with E-state index in [4.69, 9.17) is 32.7 Å². The predicted octanol–water partition coefficient (Wildman–Crippen LogP) is 5.17. The van der Waals surface area contributed by atoms with Gasteiger partial charge in [-0.05, 0) is 60.2 Å². The van der Waals surface area contributed by atoms with Gasteiger partial charge in [-0.3, -0.25) is 19.3 Å². The second kappa shape index (κ2) is 10.0. The number of benzene rings is 2. The summed E-state index contributed by atoms with van der Waals surface area (Å²) < 4.78 is 10.5. The van der Waals surface area contributed by atoms with Crippen molar-refractivity contribution in [3.8, 4) is 5.75 Å². The molecular weight excluding hydrogens is 449 g/mol. The average molecular weight is 466 g/mol. The monoisotopic (exact) mass is 465 g/mol. The van der Waals surface area contributed by atoms with E-state index in [2.05, 4.69) is 0 Å². The lowest BCUT2D eigenvalue weighted by Crippen LogP contribution is -2.34. The van der Waals surface area contributed by atoms with Crippen molar-refractivity contribution in [2.24, 2.45) is 0 Å². The Kier molecular flexibility index (Phi) is 7.42. The normalized spacial score (nSPS) is 15.0. The van der Waals surface area contributed by atoms with Crippen molar-refractivity contribution in [3.63, 3.8) is 0 Å². The third kappa shape index (κ3) is 5.56. The van der Waals surface area contributed by atoms with Crippen molar-refractivity contribution in [1.29, 1.82) is 0 Å². The van der Waals surface area contributed by atoms with Crippen molar-refractivity contribution < 1.29 is 23.9 Å². The third-order valence-corrected chi connectivity index (χ3v) is 5.48. The van der Waals surface area contributed by atoms with Crippen molar-refractivity contribution in [3.05, 3.63) is 68.5 Å². The minimum atomic E-state index is -0.633. The number of carbonyl (C=O) groups excluding carboxylic acids is 3. The summed E-state index contributed by atoms with van der Waals surface area (Å²) in [5.41, 5.74) is 1.57. The molecule has 0 unspecified atom stereocenters. The van der Waals surface area contributed by atoms with Crippen LogP contribution in [0.1, 0.15) is 18.1 Å². The van der Waals surface area contributed by atoms with Crippen molar-refractivity contribution >= 4 is 58.2 Å². The molecule has 1 saturated heterocycles. The molecule has 0 N–H and O–H groups in total. The Labute approximate surface area is 187 Å². The van der Waals surface area contributed by atoms with Crippen LogP contribution in [0.15, 0.2) is 47.4 Å². The lowest BCUT2D eigenvalue weighted by Gasteiger charge is -2.11. The summed E-state index contributed by atoms with van der Waals surface area (Å²) in [4.78, 5) is 37.1. The van der Waals surface area contributed by atoms with Gasteiger partial charge in [0, 0.05) is 5.02 Å². The van der Waals surface area contributed by atoms with Gasteiger partial charge in [-0.1, -0.05) is 41.4 Å². The number of imide groups is 1. The molecule has 1 aliphatic rings. The Morgan fingerprint density at radius 1 is 1.13 bits per heavy atom. The van der Waals surface area contributed by atoms with E-state index in [-0.39, 0.29) is 11.5 Å². The molecule has 156 valence electrons. The first-order valence-corrected chi connectivity index (χ1v) is 10.5. The Morgan fingerprint density at radius 3 is 2.53 bits per heavy atom. The van der Waals surface area contributed by atoms with Gasteiger partial charge in [-0.2, -0.15) is 0 Å². The molecule has 9 heteroatoms. The van der Waals surface area contributed by atoms with Gasteiger partial charge < -0.3 is 9.47 Å². The second-order valence-electron chi connectivity index (χ2n) is 6.18. The molecule has 6 nitrogen and oxygen atoms in total. The quantitative estimate of drug-likeness (QED) is 0.414. The van der Waals surface area contributed by atoms with E-state index >= 15 is 0 Å². The molecule has 2 amide bonds. The van der Waals surface area contributed by atoms with Crippen LogP contribution in [0.25, 0.3) is 6.08 Å². The zero-order valence-electron chi connectivity index (χ0n) is 15.9. The zero-order chi connectivity index (χ0) is 21.7. The fourth-order valence-corrected chi connectivity index (χ4v) is 3.80. The number of hydrogen-bond acceptors (Lipinski definition) is 6. The molecule has 0 atom stereocenters. The number of esters is 1. The molecule has 0 spiro atoms. The van der Waals surface area contributed by atoms with Gasteiger partial charge in [0.15, 0.2) is 0 Å². The molecule has 1 fully saturated rings. The second-order valence-corrected chi connectivity index (χ2v) is 8.01. The van der Waals surface area contributed by atoms with Gasteiger partial charge in [-0.25, -0.2) is 0 Å². The molecule has 0 aromatic heterocycles. The highest BCUT2D eigenvalue weighted by molar-refractivity contribution is 8.18. The van der Waals surface area contributed by atoms with Gasteiger partial charge in [0.2, 0.25) is 0 Å². The maximum absolute atomic E-state index is 12.4. The minimum absolute atomic E-state index is 0.176. The summed E-state index contributed by atoms with van der Waals surface area (Å²) in [5, 5.41) is 0.490. The lowest BCUT2D eigenvalue weighted by molar-refractivity contribution is -0.145. The summed E-state index contributed by atoms with van der Waals surface area (Å²) in [7, 11) is 0. The molecule has 0 aliphatic carbocycles. The van der Waals surface area contributed by atoms with Crippen LogP contribution in [0.3, 0.4) is 0 Å². The number of ether oxygens (including phenoxy) is 2. The third-order valence-electron chi connectivity index (χ3n) is 4.03. The first-order valence-electron chi connectivity index (χ1n) is 8.95. The van der Waals surface area contributed by atoms with Gasteiger partial charge in [0.1, 0.15) is 18.9 Å². The number of rotatable bonds is 7. The van der Waals surface area contributed by atoms with Crippen molar-refractivity contribution in [2.45, 2.75) is 13.5 Å². The van der Waals surface area contributed by atoms with E-state index in [1.165, 1.54) is 0 Å². The van der Waals surface area contributed by atoms with E-state index in [1.54, 1.807) is 43.3 Å². The van der Waals surface area contributed by atoms with Gasteiger partial charge in [-0.15, -0.1) is 0 Å². The van der Waals surface area contributed by atoms with E-state index in [0.29, 0.717) is 28.0 Å². The molecule has 0 bridgehead atoms. The summed E-state index contributed by atoms with van der Waals surface area (Å²) in [6, 6.07) is 12.3. The fraction of sp³-hybridized carbons (Fsp3) is 0.190. The van der Waals surface area contributed by atoms with E-state index in [0.717, 1.165) is 22.2 Å². The summed E-state index contributed by atoms with van der Waals surface area (Å²) in [6.07, 6.45) is 1.55. The predicted molar refractivity (Wildman–Crippen MR) is 117 cm³/mol. The molecule has 2 aromatic carbocycles. The number of halogens is 2. The molecule has 30 heavy (non-hydrogen) atoms. The Balaban J connectivity index is 1.68. The lowest BCUT2D eigenvalue weighted by atomic mass is 10.2. The van der Waals surface area contributed by atoms with Gasteiger partial charge in [0.05, 0.1) is 16.5 Å². The molecule has 3 rings (SSSR count). The molecule has 0 radical (unpaired) electrons. The SMILES string of the molecule is CCOC(=O)CN1C(=O)S/C(=C\c2ccc(OCc3ccc(Cl)cc3)c(Cl)c2)C1=O. The number of hydrogen-bond donors (Lipinski definition) is 0. The Morgan fingerprint density at radius 2 is 1.87 bits per heavy atom. The molecule has 2 aromatic rings. The molecular formula is C21H17Cl2NO5S. The van der Waals surface area contributed by atoms with Gasteiger partial charge in [0.25, 0.3) is 11.1 Å². The van der Waals surface area contributed by atoms with Crippen LogP contribution in [0.4, 0.5) is 4.79 Å². The van der Waals surface area contributed by atoms with Crippen molar-refractivity contribution in [1.82, 2.24) is 4.90 Å². The van der Waals surface area contributed by atoms with Crippen LogP contribution in [0.2, 0.25) is 10.0 Å². The maximum Gasteiger partial charge on any atom is 0.326 e. The highest BCUT2D eigenvalue weighted by atomic mass is 35.5. The topological polar surface area (TPSA) is 72.9 Å². The first kappa shape index (κ1) is 22.2.